The van der Waals surface area contributed by atoms with Crippen LogP contribution in [0.4, 0.5) is 5.69 Å². The lowest BCUT2D eigenvalue weighted by Crippen LogP contribution is -2.11. The molecule has 4 nitrogen and oxygen atoms in total. The van der Waals surface area contributed by atoms with E-state index in [1.54, 1.807) is 25.3 Å². The lowest BCUT2D eigenvalue weighted by Gasteiger charge is -2.03. The Morgan fingerprint density at radius 1 is 1.46 bits per heavy atom. The molecule has 0 unspecified atom stereocenters. The van der Waals surface area contributed by atoms with Gasteiger partial charge in [-0.05, 0) is 23.8 Å². The van der Waals surface area contributed by atoms with E-state index in [1.165, 1.54) is 0 Å². The summed E-state index contributed by atoms with van der Waals surface area (Å²) in [6.45, 7) is 0.422. The summed E-state index contributed by atoms with van der Waals surface area (Å²) in [4.78, 5) is 10.8. The van der Waals surface area contributed by atoms with Crippen molar-refractivity contribution in [3.8, 4) is 0 Å². The summed E-state index contributed by atoms with van der Waals surface area (Å²) in [6.07, 6.45) is 0. The van der Waals surface area contributed by atoms with E-state index in [9.17, 15) is 4.79 Å². The first-order valence-electron chi connectivity index (χ1n) is 3.81. The third-order valence-electron chi connectivity index (χ3n) is 1.61. The fourth-order valence-corrected chi connectivity index (χ4v) is 1.11. The highest BCUT2D eigenvalue weighted by atomic mass is 16.5. The Labute approximate surface area is 76.5 Å². The quantitative estimate of drug-likeness (QED) is 0.665. The second-order valence-electron chi connectivity index (χ2n) is 2.76. The van der Waals surface area contributed by atoms with Gasteiger partial charge in [-0.2, -0.15) is 0 Å². The number of benzene rings is 1. The summed E-state index contributed by atoms with van der Waals surface area (Å²) in [6, 6.07) is 4.96. The lowest BCUT2D eigenvalue weighted by molar-refractivity contribution is 0.1000. The molecule has 13 heavy (non-hydrogen) atoms. The van der Waals surface area contributed by atoms with Crippen LogP contribution in [-0.4, -0.2) is 13.0 Å². The second kappa shape index (κ2) is 3.91. The first-order chi connectivity index (χ1) is 6.13. The van der Waals surface area contributed by atoms with E-state index >= 15 is 0 Å². The SMILES string of the molecule is COCc1cc(N)cc(C(N)=O)c1. The fourth-order valence-electron chi connectivity index (χ4n) is 1.11. The third kappa shape index (κ3) is 2.45. The van der Waals surface area contributed by atoms with E-state index in [1.807, 2.05) is 0 Å². The molecule has 4 N–H and O–H groups in total. The largest absolute Gasteiger partial charge is 0.399 e. The Morgan fingerprint density at radius 3 is 2.69 bits per heavy atom. The molecular formula is C9H12N2O2. The monoisotopic (exact) mass is 180 g/mol. The number of hydrogen-bond donors (Lipinski definition) is 2. The van der Waals surface area contributed by atoms with Gasteiger partial charge in [0, 0.05) is 18.4 Å². The minimum Gasteiger partial charge on any atom is -0.399 e. The molecule has 0 aliphatic heterocycles. The van der Waals surface area contributed by atoms with Gasteiger partial charge in [0.25, 0.3) is 0 Å². The van der Waals surface area contributed by atoms with Crippen LogP contribution in [0.5, 0.6) is 0 Å². The molecule has 4 heteroatoms. The summed E-state index contributed by atoms with van der Waals surface area (Å²) in [5.74, 6) is -0.482. The maximum absolute atomic E-state index is 10.8. The molecule has 0 atom stereocenters. The van der Waals surface area contributed by atoms with E-state index in [0.717, 1.165) is 5.56 Å². The van der Waals surface area contributed by atoms with Gasteiger partial charge in [0.1, 0.15) is 0 Å². The van der Waals surface area contributed by atoms with Crippen LogP contribution < -0.4 is 11.5 Å². The van der Waals surface area contributed by atoms with E-state index in [0.29, 0.717) is 17.9 Å². The van der Waals surface area contributed by atoms with E-state index in [-0.39, 0.29) is 0 Å². The molecule has 1 aromatic rings. The smallest absolute Gasteiger partial charge is 0.248 e. The molecule has 70 valence electrons. The predicted octanol–water partition coefficient (Wildman–Crippen LogP) is 0.514. The Balaban J connectivity index is 3.03. The van der Waals surface area contributed by atoms with Gasteiger partial charge in [-0.15, -0.1) is 0 Å². The fraction of sp³-hybridized carbons (Fsp3) is 0.222. The van der Waals surface area contributed by atoms with Crippen LogP contribution in [0, 0.1) is 0 Å². The van der Waals surface area contributed by atoms with E-state index in [2.05, 4.69) is 0 Å². The maximum Gasteiger partial charge on any atom is 0.248 e. The minimum atomic E-state index is -0.482. The van der Waals surface area contributed by atoms with Crippen LogP contribution in [0.15, 0.2) is 18.2 Å². The maximum atomic E-state index is 10.8. The summed E-state index contributed by atoms with van der Waals surface area (Å²) in [7, 11) is 1.58. The first kappa shape index (κ1) is 9.54. The number of amides is 1. The Hall–Kier alpha value is -1.55. The van der Waals surface area contributed by atoms with Crippen molar-refractivity contribution >= 4 is 11.6 Å². The van der Waals surface area contributed by atoms with Crippen molar-refractivity contribution in [2.45, 2.75) is 6.61 Å². The van der Waals surface area contributed by atoms with E-state index < -0.39 is 5.91 Å². The highest BCUT2D eigenvalue weighted by molar-refractivity contribution is 5.93. The van der Waals surface area contributed by atoms with Crippen molar-refractivity contribution in [2.24, 2.45) is 5.73 Å². The van der Waals surface area contributed by atoms with Crippen LogP contribution in [0.1, 0.15) is 15.9 Å². The van der Waals surface area contributed by atoms with Crippen molar-refractivity contribution in [3.05, 3.63) is 29.3 Å². The lowest BCUT2D eigenvalue weighted by atomic mass is 10.1. The van der Waals surface area contributed by atoms with Gasteiger partial charge in [-0.3, -0.25) is 4.79 Å². The number of anilines is 1. The van der Waals surface area contributed by atoms with Gasteiger partial charge in [0.15, 0.2) is 0 Å². The summed E-state index contributed by atoms with van der Waals surface area (Å²) >= 11 is 0. The molecule has 0 saturated carbocycles. The molecule has 0 aliphatic carbocycles. The van der Waals surface area contributed by atoms with Gasteiger partial charge in [0.05, 0.1) is 6.61 Å². The number of primary amides is 1. The molecule has 0 fully saturated rings. The zero-order valence-electron chi connectivity index (χ0n) is 7.41. The van der Waals surface area contributed by atoms with Gasteiger partial charge in [-0.25, -0.2) is 0 Å². The standard InChI is InChI=1S/C9H12N2O2/c1-13-5-6-2-7(9(11)12)4-8(10)3-6/h2-4H,5,10H2,1H3,(H2,11,12). The molecule has 0 aromatic heterocycles. The minimum absolute atomic E-state index is 0.409. The average Bonchev–Trinajstić information content (AvgIpc) is 2.03. The number of rotatable bonds is 3. The van der Waals surface area contributed by atoms with E-state index in [4.69, 9.17) is 16.2 Å². The summed E-state index contributed by atoms with van der Waals surface area (Å²) in [5.41, 5.74) is 12.4. The molecule has 0 bridgehead atoms. The molecule has 0 aliphatic rings. The Bertz CT molecular complexity index is 323. The number of methoxy groups -OCH3 is 1. The van der Waals surface area contributed by atoms with Crippen LogP contribution >= 0.6 is 0 Å². The van der Waals surface area contributed by atoms with Gasteiger partial charge >= 0.3 is 0 Å². The second-order valence-corrected chi connectivity index (χ2v) is 2.76. The molecule has 0 spiro atoms. The number of nitrogen functional groups attached to an aromatic ring is 1. The molecule has 0 saturated heterocycles. The van der Waals surface area contributed by atoms with Crippen molar-refractivity contribution in [1.29, 1.82) is 0 Å². The van der Waals surface area contributed by atoms with Crippen LogP contribution in [-0.2, 0) is 11.3 Å². The van der Waals surface area contributed by atoms with Crippen molar-refractivity contribution < 1.29 is 9.53 Å². The third-order valence-corrected chi connectivity index (χ3v) is 1.61. The van der Waals surface area contributed by atoms with Crippen LogP contribution in [0.2, 0.25) is 0 Å². The number of carbonyl (C=O) groups is 1. The summed E-state index contributed by atoms with van der Waals surface area (Å²) < 4.78 is 4.91. The molecule has 0 heterocycles. The number of ether oxygens (including phenoxy) is 1. The number of hydrogen-bond acceptors (Lipinski definition) is 3. The highest BCUT2D eigenvalue weighted by Gasteiger charge is 2.03. The number of carbonyl (C=O) groups excluding carboxylic acids is 1. The zero-order valence-corrected chi connectivity index (χ0v) is 7.41. The molecule has 1 rings (SSSR count). The topological polar surface area (TPSA) is 78.3 Å². The first-order valence-corrected chi connectivity index (χ1v) is 3.81. The Kier molecular flexibility index (Phi) is 2.87. The highest BCUT2D eigenvalue weighted by Crippen LogP contribution is 2.12. The van der Waals surface area contributed by atoms with Gasteiger partial charge < -0.3 is 16.2 Å². The van der Waals surface area contributed by atoms with Crippen molar-refractivity contribution in [2.75, 3.05) is 12.8 Å². The molecule has 1 amide bonds. The normalized spacial score (nSPS) is 9.92. The van der Waals surface area contributed by atoms with Crippen molar-refractivity contribution in [1.82, 2.24) is 0 Å². The molecule has 0 radical (unpaired) electrons. The van der Waals surface area contributed by atoms with Crippen LogP contribution in [0.25, 0.3) is 0 Å². The predicted molar refractivity (Wildman–Crippen MR) is 50.1 cm³/mol. The number of nitrogens with two attached hydrogens (primary N) is 2. The van der Waals surface area contributed by atoms with Gasteiger partial charge in [-0.1, -0.05) is 0 Å². The average molecular weight is 180 g/mol. The summed E-state index contributed by atoms with van der Waals surface area (Å²) in [5, 5.41) is 0. The van der Waals surface area contributed by atoms with Crippen molar-refractivity contribution in [3.63, 3.8) is 0 Å². The molecular weight excluding hydrogens is 168 g/mol. The molecule has 1 aromatic carbocycles. The Morgan fingerprint density at radius 2 is 2.15 bits per heavy atom. The van der Waals surface area contributed by atoms with Gasteiger partial charge in [0.2, 0.25) is 5.91 Å². The van der Waals surface area contributed by atoms with Crippen LogP contribution in [0.3, 0.4) is 0 Å². The zero-order chi connectivity index (χ0) is 9.84.